The number of carboxylic acid groups (broad SMARTS) is 1. The largest absolute Gasteiger partial charge is 0.475 e. The lowest BCUT2D eigenvalue weighted by Crippen LogP contribution is -2.49. The van der Waals surface area contributed by atoms with E-state index in [2.05, 4.69) is 0 Å². The first-order valence-electron chi connectivity index (χ1n) is 5.71. The van der Waals surface area contributed by atoms with E-state index in [1.807, 2.05) is 0 Å². The number of carbonyl (C=O) groups is 2. The second kappa shape index (κ2) is 5.49. The standard InChI is InChI=1S/C11H13NO6S2/c1-20(16,17)9-6-19-5-4-12(9)10(13)7-2-3-8(18-7)11(14)15/h2-3,9H,4-6H2,1H3,(H,14,15). The van der Waals surface area contributed by atoms with Gasteiger partial charge in [0.15, 0.2) is 15.6 Å². The molecule has 1 aromatic rings. The zero-order chi connectivity index (χ0) is 14.9. The van der Waals surface area contributed by atoms with E-state index in [9.17, 15) is 18.0 Å². The molecule has 1 aliphatic rings. The predicted octanol–water partition coefficient (Wildman–Crippen LogP) is 0.537. The van der Waals surface area contributed by atoms with Crippen LogP contribution in [0.2, 0.25) is 0 Å². The lowest BCUT2D eigenvalue weighted by Gasteiger charge is -2.33. The van der Waals surface area contributed by atoms with Crippen LogP contribution in [0.25, 0.3) is 0 Å². The van der Waals surface area contributed by atoms with Gasteiger partial charge in [0.05, 0.1) is 0 Å². The van der Waals surface area contributed by atoms with Gasteiger partial charge in [0, 0.05) is 24.3 Å². The first kappa shape index (κ1) is 14.9. The molecule has 0 radical (unpaired) electrons. The molecule has 0 bridgehead atoms. The van der Waals surface area contributed by atoms with Crippen molar-refractivity contribution in [2.24, 2.45) is 0 Å². The molecule has 0 saturated carbocycles. The smallest absolute Gasteiger partial charge is 0.371 e. The molecule has 2 heterocycles. The van der Waals surface area contributed by atoms with Crippen molar-refractivity contribution in [2.75, 3.05) is 24.3 Å². The molecule has 1 amide bonds. The van der Waals surface area contributed by atoms with E-state index >= 15 is 0 Å². The average Bonchev–Trinajstić information content (AvgIpc) is 2.86. The molecule has 0 spiro atoms. The topological polar surface area (TPSA) is 105 Å². The molecular formula is C11H13NO6S2. The van der Waals surface area contributed by atoms with E-state index in [-0.39, 0.29) is 18.1 Å². The van der Waals surface area contributed by atoms with Crippen LogP contribution in [-0.4, -0.2) is 60.0 Å². The van der Waals surface area contributed by atoms with Gasteiger partial charge in [0.2, 0.25) is 5.76 Å². The number of amides is 1. The third-order valence-corrected chi connectivity index (χ3v) is 5.51. The number of aromatic carboxylic acids is 1. The van der Waals surface area contributed by atoms with Crippen LogP contribution in [0, 0.1) is 0 Å². The van der Waals surface area contributed by atoms with E-state index in [0.717, 1.165) is 6.26 Å². The fourth-order valence-corrected chi connectivity index (χ4v) is 4.69. The maximum Gasteiger partial charge on any atom is 0.371 e. The summed E-state index contributed by atoms with van der Waals surface area (Å²) < 4.78 is 28.4. The summed E-state index contributed by atoms with van der Waals surface area (Å²) in [4.78, 5) is 24.2. The van der Waals surface area contributed by atoms with Gasteiger partial charge in [-0.05, 0) is 12.1 Å². The van der Waals surface area contributed by atoms with E-state index in [0.29, 0.717) is 11.5 Å². The van der Waals surface area contributed by atoms with Crippen LogP contribution in [0.3, 0.4) is 0 Å². The van der Waals surface area contributed by atoms with Crippen molar-refractivity contribution in [1.82, 2.24) is 4.90 Å². The quantitative estimate of drug-likeness (QED) is 0.866. The Labute approximate surface area is 119 Å². The Morgan fingerprint density at radius 2 is 2.05 bits per heavy atom. The molecule has 110 valence electrons. The summed E-state index contributed by atoms with van der Waals surface area (Å²) in [6, 6.07) is 2.41. The molecule has 20 heavy (non-hydrogen) atoms. The highest BCUT2D eigenvalue weighted by Crippen LogP contribution is 2.23. The average molecular weight is 319 g/mol. The van der Waals surface area contributed by atoms with Crippen molar-refractivity contribution in [1.29, 1.82) is 0 Å². The molecule has 9 heteroatoms. The summed E-state index contributed by atoms with van der Waals surface area (Å²) in [5.74, 6) is -1.47. The van der Waals surface area contributed by atoms with Gasteiger partial charge in [-0.3, -0.25) is 4.79 Å². The molecule has 1 aromatic heterocycles. The first-order chi connectivity index (χ1) is 9.30. The van der Waals surface area contributed by atoms with Gasteiger partial charge >= 0.3 is 5.97 Å². The first-order valence-corrected chi connectivity index (χ1v) is 8.82. The second-order valence-corrected chi connectivity index (χ2v) is 7.68. The fraction of sp³-hybridized carbons (Fsp3) is 0.455. The molecular weight excluding hydrogens is 306 g/mol. The normalized spacial score (nSPS) is 19.9. The van der Waals surface area contributed by atoms with Crippen LogP contribution in [0.5, 0.6) is 0 Å². The molecule has 0 aromatic carbocycles. The number of furan rings is 1. The summed E-state index contributed by atoms with van der Waals surface area (Å²) in [7, 11) is -3.41. The number of carboxylic acids is 1. The molecule has 1 aliphatic heterocycles. The number of nitrogens with zero attached hydrogens (tertiary/aromatic N) is 1. The summed E-state index contributed by atoms with van der Waals surface area (Å²) in [5, 5.41) is 7.84. The SMILES string of the molecule is CS(=O)(=O)C1CSCCN1C(=O)c1ccc(C(=O)O)o1. The van der Waals surface area contributed by atoms with Crippen LogP contribution in [-0.2, 0) is 9.84 Å². The Morgan fingerprint density at radius 3 is 2.60 bits per heavy atom. The maximum absolute atomic E-state index is 12.3. The highest BCUT2D eigenvalue weighted by Gasteiger charge is 2.35. The van der Waals surface area contributed by atoms with Crippen molar-refractivity contribution in [2.45, 2.75) is 5.37 Å². The lowest BCUT2D eigenvalue weighted by molar-refractivity contribution is 0.0648. The monoisotopic (exact) mass is 319 g/mol. The minimum Gasteiger partial charge on any atom is -0.475 e. The zero-order valence-corrected chi connectivity index (χ0v) is 12.2. The van der Waals surface area contributed by atoms with Gasteiger partial charge in [-0.25, -0.2) is 13.2 Å². The second-order valence-electron chi connectivity index (χ2n) is 4.33. The van der Waals surface area contributed by atoms with Crippen molar-refractivity contribution < 1.29 is 27.5 Å². The Kier molecular flexibility index (Phi) is 4.09. The highest BCUT2D eigenvalue weighted by molar-refractivity contribution is 8.00. The molecule has 1 fully saturated rings. The summed E-state index contributed by atoms with van der Waals surface area (Å²) in [6.45, 7) is 0.282. The lowest BCUT2D eigenvalue weighted by atomic mass is 10.3. The molecule has 0 aliphatic carbocycles. The minimum absolute atomic E-state index is 0.164. The van der Waals surface area contributed by atoms with Crippen LogP contribution in [0.4, 0.5) is 0 Å². The van der Waals surface area contributed by atoms with Gasteiger partial charge in [0.25, 0.3) is 5.91 Å². The number of thioether (sulfide) groups is 1. The Morgan fingerprint density at radius 1 is 1.40 bits per heavy atom. The number of sulfone groups is 1. The fourth-order valence-electron chi connectivity index (χ4n) is 1.88. The van der Waals surface area contributed by atoms with E-state index in [1.54, 1.807) is 0 Å². The van der Waals surface area contributed by atoms with Crippen molar-refractivity contribution in [3.05, 3.63) is 23.7 Å². The predicted molar refractivity (Wildman–Crippen MR) is 72.7 cm³/mol. The number of rotatable bonds is 3. The van der Waals surface area contributed by atoms with Gasteiger partial charge in [0.1, 0.15) is 5.37 Å². The third-order valence-electron chi connectivity index (χ3n) is 2.87. The molecule has 1 unspecified atom stereocenters. The molecule has 1 N–H and O–H groups in total. The third kappa shape index (κ3) is 2.98. The number of carbonyl (C=O) groups excluding carboxylic acids is 1. The number of hydrogen-bond acceptors (Lipinski definition) is 6. The van der Waals surface area contributed by atoms with E-state index < -0.39 is 27.1 Å². The van der Waals surface area contributed by atoms with Crippen molar-refractivity contribution in [3.63, 3.8) is 0 Å². The van der Waals surface area contributed by atoms with Gasteiger partial charge in [-0.2, -0.15) is 11.8 Å². The molecule has 1 atom stereocenters. The number of hydrogen-bond donors (Lipinski definition) is 1. The minimum atomic E-state index is -3.41. The maximum atomic E-state index is 12.3. The van der Waals surface area contributed by atoms with E-state index in [4.69, 9.17) is 9.52 Å². The van der Waals surface area contributed by atoms with Crippen LogP contribution < -0.4 is 0 Å². The Bertz CT molecular complexity index is 635. The van der Waals surface area contributed by atoms with Crippen LogP contribution in [0.1, 0.15) is 21.1 Å². The summed E-state index contributed by atoms with van der Waals surface area (Å²) in [5.41, 5.74) is 0. The molecule has 2 rings (SSSR count). The zero-order valence-electron chi connectivity index (χ0n) is 10.6. The van der Waals surface area contributed by atoms with Crippen LogP contribution in [0.15, 0.2) is 16.5 Å². The Hall–Kier alpha value is -1.48. The van der Waals surface area contributed by atoms with Gasteiger partial charge in [-0.15, -0.1) is 0 Å². The van der Waals surface area contributed by atoms with E-state index in [1.165, 1.54) is 28.8 Å². The summed E-state index contributed by atoms with van der Waals surface area (Å²) in [6.07, 6.45) is 1.08. The molecule has 7 nitrogen and oxygen atoms in total. The molecule has 1 saturated heterocycles. The van der Waals surface area contributed by atoms with Gasteiger partial charge in [-0.1, -0.05) is 0 Å². The van der Waals surface area contributed by atoms with Crippen molar-refractivity contribution >= 4 is 33.5 Å². The summed E-state index contributed by atoms with van der Waals surface area (Å²) >= 11 is 1.46. The highest BCUT2D eigenvalue weighted by atomic mass is 32.2. The van der Waals surface area contributed by atoms with Crippen molar-refractivity contribution in [3.8, 4) is 0 Å². The van der Waals surface area contributed by atoms with Gasteiger partial charge < -0.3 is 14.4 Å². The van der Waals surface area contributed by atoms with Crippen LogP contribution >= 0.6 is 11.8 Å². The Balaban J connectivity index is 2.27.